The molecule has 2 atom stereocenters. The van der Waals surface area contributed by atoms with Gasteiger partial charge in [0.2, 0.25) is 11.8 Å². The highest BCUT2D eigenvalue weighted by molar-refractivity contribution is 6.01. The van der Waals surface area contributed by atoms with Gasteiger partial charge in [-0.15, -0.1) is 0 Å². The summed E-state index contributed by atoms with van der Waals surface area (Å²) in [5.74, 6) is 0.845. The van der Waals surface area contributed by atoms with Crippen LogP contribution in [-0.4, -0.2) is 35.5 Å². The third-order valence-electron chi connectivity index (χ3n) is 5.35. The standard InChI is InChI=1S/C20H27NO3/c1-20(2)14-16(11-13-24-20)17(15-6-4-3-5-7-15)10-12-21-18(22)8-9-19(21)23/h3-7,16-17H,8-14H2,1-2H3/t16-,17+/m0/s1. The van der Waals surface area contributed by atoms with E-state index in [-0.39, 0.29) is 17.4 Å². The van der Waals surface area contributed by atoms with Gasteiger partial charge in [-0.2, -0.15) is 0 Å². The Morgan fingerprint density at radius 2 is 1.83 bits per heavy atom. The van der Waals surface area contributed by atoms with E-state index in [0.29, 0.717) is 31.2 Å². The molecule has 0 N–H and O–H groups in total. The van der Waals surface area contributed by atoms with Crippen LogP contribution in [-0.2, 0) is 14.3 Å². The average molecular weight is 329 g/mol. The predicted octanol–water partition coefficient (Wildman–Crippen LogP) is 3.51. The van der Waals surface area contributed by atoms with Crippen molar-refractivity contribution in [1.82, 2.24) is 4.90 Å². The molecule has 3 rings (SSSR count). The van der Waals surface area contributed by atoms with E-state index in [2.05, 4.69) is 38.1 Å². The lowest BCUT2D eigenvalue weighted by Crippen LogP contribution is -2.37. The summed E-state index contributed by atoms with van der Waals surface area (Å²) < 4.78 is 5.87. The first kappa shape index (κ1) is 17.2. The Balaban J connectivity index is 1.75. The number of carbonyl (C=O) groups excluding carboxylic acids is 2. The molecular weight excluding hydrogens is 302 g/mol. The number of amides is 2. The van der Waals surface area contributed by atoms with Gasteiger partial charge in [-0.1, -0.05) is 30.3 Å². The van der Waals surface area contributed by atoms with E-state index in [9.17, 15) is 9.59 Å². The summed E-state index contributed by atoms with van der Waals surface area (Å²) in [6, 6.07) is 10.5. The van der Waals surface area contributed by atoms with Gasteiger partial charge in [0.05, 0.1) is 5.60 Å². The van der Waals surface area contributed by atoms with Crippen molar-refractivity contribution in [2.75, 3.05) is 13.2 Å². The Morgan fingerprint density at radius 3 is 2.46 bits per heavy atom. The van der Waals surface area contributed by atoms with Crippen molar-refractivity contribution in [3.63, 3.8) is 0 Å². The maximum Gasteiger partial charge on any atom is 0.229 e. The molecule has 2 aliphatic heterocycles. The number of hydrogen-bond donors (Lipinski definition) is 0. The number of likely N-dealkylation sites (tertiary alicyclic amines) is 1. The minimum atomic E-state index is -0.102. The summed E-state index contributed by atoms with van der Waals surface area (Å²) in [5.41, 5.74) is 1.20. The third kappa shape index (κ3) is 3.86. The van der Waals surface area contributed by atoms with Crippen molar-refractivity contribution in [2.24, 2.45) is 5.92 Å². The minimum Gasteiger partial charge on any atom is -0.376 e. The van der Waals surface area contributed by atoms with Crippen molar-refractivity contribution < 1.29 is 14.3 Å². The molecule has 1 aromatic carbocycles. The van der Waals surface area contributed by atoms with Crippen LogP contribution in [0.2, 0.25) is 0 Å². The molecule has 0 aromatic heterocycles. The molecule has 2 fully saturated rings. The monoisotopic (exact) mass is 329 g/mol. The van der Waals surface area contributed by atoms with Crippen LogP contribution in [0.4, 0.5) is 0 Å². The van der Waals surface area contributed by atoms with Crippen LogP contribution in [0.15, 0.2) is 30.3 Å². The highest BCUT2D eigenvalue weighted by Gasteiger charge is 2.35. The molecule has 2 aliphatic rings. The summed E-state index contributed by atoms with van der Waals surface area (Å²) in [6.07, 6.45) is 3.62. The molecule has 0 radical (unpaired) electrons. The second-order valence-corrected chi connectivity index (χ2v) is 7.61. The number of nitrogens with zero attached hydrogens (tertiary/aromatic N) is 1. The lowest BCUT2D eigenvalue weighted by atomic mass is 9.75. The van der Waals surface area contributed by atoms with Crippen molar-refractivity contribution in [3.8, 4) is 0 Å². The number of hydrogen-bond acceptors (Lipinski definition) is 3. The van der Waals surface area contributed by atoms with Crippen LogP contribution in [0.25, 0.3) is 0 Å². The molecule has 0 aliphatic carbocycles. The first-order valence-electron chi connectivity index (χ1n) is 8.98. The van der Waals surface area contributed by atoms with Crippen molar-refractivity contribution in [2.45, 2.75) is 57.5 Å². The molecular formula is C20H27NO3. The Kier molecular flexibility index (Phi) is 5.04. The number of rotatable bonds is 5. The molecule has 4 nitrogen and oxygen atoms in total. The van der Waals surface area contributed by atoms with Crippen molar-refractivity contribution in [3.05, 3.63) is 35.9 Å². The lowest BCUT2D eigenvalue weighted by molar-refractivity contribution is -0.138. The molecule has 0 bridgehead atoms. The van der Waals surface area contributed by atoms with Gasteiger partial charge in [-0.05, 0) is 50.5 Å². The van der Waals surface area contributed by atoms with Gasteiger partial charge in [0.1, 0.15) is 0 Å². The second kappa shape index (κ2) is 7.06. The average Bonchev–Trinajstić information content (AvgIpc) is 2.87. The Morgan fingerprint density at radius 1 is 1.17 bits per heavy atom. The molecule has 4 heteroatoms. The fourth-order valence-corrected chi connectivity index (χ4v) is 4.14. The quantitative estimate of drug-likeness (QED) is 0.777. The normalized spacial score (nSPS) is 25.1. The number of imide groups is 1. The molecule has 2 saturated heterocycles. The smallest absolute Gasteiger partial charge is 0.229 e. The lowest BCUT2D eigenvalue weighted by Gasteiger charge is -2.39. The molecule has 2 amide bonds. The highest BCUT2D eigenvalue weighted by Crippen LogP contribution is 2.40. The summed E-state index contributed by atoms with van der Waals surface area (Å²) in [6.45, 7) is 5.61. The zero-order valence-electron chi connectivity index (χ0n) is 14.7. The van der Waals surface area contributed by atoms with Crippen LogP contribution >= 0.6 is 0 Å². The molecule has 1 aromatic rings. The van der Waals surface area contributed by atoms with Crippen LogP contribution in [0.5, 0.6) is 0 Å². The van der Waals surface area contributed by atoms with E-state index in [1.54, 1.807) is 0 Å². The van der Waals surface area contributed by atoms with E-state index in [0.717, 1.165) is 25.9 Å². The van der Waals surface area contributed by atoms with E-state index in [1.165, 1.54) is 10.5 Å². The second-order valence-electron chi connectivity index (χ2n) is 7.61. The minimum absolute atomic E-state index is 0.0147. The number of carbonyl (C=O) groups is 2. The molecule has 0 spiro atoms. The van der Waals surface area contributed by atoms with Gasteiger partial charge in [-0.25, -0.2) is 0 Å². The molecule has 0 unspecified atom stereocenters. The summed E-state index contributed by atoms with van der Waals surface area (Å²) in [7, 11) is 0. The summed E-state index contributed by atoms with van der Waals surface area (Å²) in [4.78, 5) is 25.3. The Hall–Kier alpha value is -1.68. The molecule has 2 heterocycles. The van der Waals surface area contributed by atoms with Gasteiger partial charge in [0, 0.05) is 26.0 Å². The predicted molar refractivity (Wildman–Crippen MR) is 92.5 cm³/mol. The third-order valence-corrected chi connectivity index (χ3v) is 5.35. The highest BCUT2D eigenvalue weighted by atomic mass is 16.5. The summed E-state index contributed by atoms with van der Waals surface area (Å²) in [5, 5.41) is 0. The molecule has 130 valence electrons. The molecule has 0 saturated carbocycles. The van der Waals surface area contributed by atoms with E-state index in [4.69, 9.17) is 4.74 Å². The first-order chi connectivity index (χ1) is 11.5. The maximum atomic E-state index is 11.9. The van der Waals surface area contributed by atoms with Gasteiger partial charge in [-0.3, -0.25) is 14.5 Å². The number of ether oxygens (including phenoxy) is 1. The van der Waals surface area contributed by atoms with E-state index in [1.807, 2.05) is 6.07 Å². The fourth-order valence-electron chi connectivity index (χ4n) is 4.14. The first-order valence-corrected chi connectivity index (χ1v) is 8.98. The Labute approximate surface area is 144 Å². The van der Waals surface area contributed by atoms with Crippen LogP contribution < -0.4 is 0 Å². The van der Waals surface area contributed by atoms with Crippen LogP contribution in [0.1, 0.15) is 57.4 Å². The van der Waals surface area contributed by atoms with Crippen molar-refractivity contribution >= 4 is 11.8 Å². The van der Waals surface area contributed by atoms with Crippen molar-refractivity contribution in [1.29, 1.82) is 0 Å². The zero-order chi connectivity index (χ0) is 17.2. The van der Waals surface area contributed by atoms with Gasteiger partial charge in [0.25, 0.3) is 0 Å². The van der Waals surface area contributed by atoms with Gasteiger partial charge in [0.15, 0.2) is 0 Å². The zero-order valence-corrected chi connectivity index (χ0v) is 14.7. The largest absolute Gasteiger partial charge is 0.376 e. The van der Waals surface area contributed by atoms with Crippen LogP contribution in [0.3, 0.4) is 0 Å². The van der Waals surface area contributed by atoms with E-state index < -0.39 is 0 Å². The fraction of sp³-hybridized carbons (Fsp3) is 0.600. The van der Waals surface area contributed by atoms with Crippen LogP contribution in [0, 0.1) is 5.92 Å². The van der Waals surface area contributed by atoms with Gasteiger partial charge < -0.3 is 4.74 Å². The van der Waals surface area contributed by atoms with E-state index >= 15 is 0 Å². The molecule has 24 heavy (non-hydrogen) atoms. The summed E-state index contributed by atoms with van der Waals surface area (Å²) >= 11 is 0. The number of benzene rings is 1. The Bertz CT molecular complexity index is 580. The SMILES string of the molecule is CC1(C)C[C@@H]([C@H](CCN2C(=O)CCC2=O)c2ccccc2)CCO1. The van der Waals surface area contributed by atoms with Gasteiger partial charge >= 0.3 is 0 Å². The maximum absolute atomic E-state index is 11.9. The topological polar surface area (TPSA) is 46.6 Å².